The van der Waals surface area contributed by atoms with Crippen molar-refractivity contribution in [2.45, 2.75) is 58.5 Å². The third-order valence-corrected chi connectivity index (χ3v) is 4.04. The molecule has 1 aliphatic rings. The molecule has 0 spiro atoms. The minimum Gasteiger partial charge on any atom is -0.320 e. The number of nitrogens with one attached hydrogen (secondary N) is 1. The predicted molar refractivity (Wildman–Crippen MR) is 67.2 cm³/mol. The summed E-state index contributed by atoms with van der Waals surface area (Å²) in [6.07, 6.45) is 5.44. The molecule has 1 saturated heterocycles. The monoisotopic (exact) mass is 212 g/mol. The van der Waals surface area contributed by atoms with Crippen molar-refractivity contribution in [2.24, 2.45) is 5.92 Å². The summed E-state index contributed by atoms with van der Waals surface area (Å²) >= 11 is 0. The van der Waals surface area contributed by atoms with E-state index in [1.165, 1.54) is 32.2 Å². The molecule has 3 unspecified atom stereocenters. The molecule has 0 amide bonds. The highest BCUT2D eigenvalue weighted by Gasteiger charge is 2.27. The summed E-state index contributed by atoms with van der Waals surface area (Å²) in [7, 11) is 2.04. The van der Waals surface area contributed by atoms with Crippen LogP contribution in [0.3, 0.4) is 0 Å². The van der Waals surface area contributed by atoms with Crippen LogP contribution in [0.25, 0.3) is 0 Å². The number of nitrogens with zero attached hydrogens (tertiary/aromatic N) is 1. The molecular formula is C13H28N2. The van der Waals surface area contributed by atoms with Gasteiger partial charge in [-0.3, -0.25) is 4.90 Å². The maximum atomic E-state index is 3.23. The van der Waals surface area contributed by atoms with E-state index >= 15 is 0 Å². The van der Waals surface area contributed by atoms with Crippen LogP contribution in [-0.2, 0) is 0 Å². The molecule has 1 heterocycles. The van der Waals surface area contributed by atoms with E-state index in [1.807, 2.05) is 7.05 Å². The quantitative estimate of drug-likeness (QED) is 0.704. The first-order valence-corrected chi connectivity index (χ1v) is 6.57. The molecule has 0 aliphatic carbocycles. The Kier molecular flexibility index (Phi) is 5.62. The zero-order valence-electron chi connectivity index (χ0n) is 10.9. The smallest absolute Gasteiger partial charge is 0.00953 e. The van der Waals surface area contributed by atoms with Crippen LogP contribution >= 0.6 is 0 Å². The van der Waals surface area contributed by atoms with Crippen molar-refractivity contribution in [3.8, 4) is 0 Å². The molecule has 0 saturated carbocycles. The van der Waals surface area contributed by atoms with Crippen molar-refractivity contribution >= 4 is 0 Å². The first kappa shape index (κ1) is 13.0. The van der Waals surface area contributed by atoms with E-state index in [4.69, 9.17) is 0 Å². The van der Waals surface area contributed by atoms with Crippen LogP contribution in [0.1, 0.15) is 46.5 Å². The Bertz CT molecular complexity index is 170. The second kappa shape index (κ2) is 6.49. The van der Waals surface area contributed by atoms with E-state index in [0.717, 1.165) is 24.5 Å². The summed E-state index contributed by atoms with van der Waals surface area (Å²) in [6.45, 7) is 9.66. The molecule has 0 aromatic rings. The first-order valence-electron chi connectivity index (χ1n) is 6.57. The molecular weight excluding hydrogens is 184 g/mol. The van der Waals surface area contributed by atoms with E-state index in [0.29, 0.717) is 0 Å². The lowest BCUT2D eigenvalue weighted by Gasteiger charge is -2.41. The van der Waals surface area contributed by atoms with Crippen LogP contribution in [0.2, 0.25) is 0 Å². The summed E-state index contributed by atoms with van der Waals surface area (Å²) in [6, 6.07) is 1.54. The lowest BCUT2D eigenvalue weighted by Crippen LogP contribution is -2.47. The molecule has 1 fully saturated rings. The molecule has 90 valence electrons. The van der Waals surface area contributed by atoms with Crippen LogP contribution in [0.5, 0.6) is 0 Å². The molecule has 0 aromatic carbocycles. The van der Waals surface area contributed by atoms with E-state index in [2.05, 4.69) is 31.0 Å². The zero-order valence-corrected chi connectivity index (χ0v) is 10.9. The highest BCUT2D eigenvalue weighted by atomic mass is 15.2. The van der Waals surface area contributed by atoms with E-state index < -0.39 is 0 Å². The standard InChI is InChI=1S/C13H28N2/c1-11-7-6-10-15(13(11)3)12(2)8-5-9-14-4/h11-14H,5-10H2,1-4H3. The van der Waals surface area contributed by atoms with Crippen molar-refractivity contribution in [1.82, 2.24) is 10.2 Å². The van der Waals surface area contributed by atoms with Crippen LogP contribution in [-0.4, -0.2) is 37.1 Å². The maximum absolute atomic E-state index is 3.23. The number of hydrogen-bond acceptors (Lipinski definition) is 2. The molecule has 0 radical (unpaired) electrons. The fourth-order valence-electron chi connectivity index (χ4n) is 2.73. The molecule has 0 aromatic heterocycles. The van der Waals surface area contributed by atoms with Gasteiger partial charge in [0.25, 0.3) is 0 Å². The summed E-state index contributed by atoms with van der Waals surface area (Å²) < 4.78 is 0. The third-order valence-electron chi connectivity index (χ3n) is 4.04. The van der Waals surface area contributed by atoms with Crippen LogP contribution in [0.15, 0.2) is 0 Å². The van der Waals surface area contributed by atoms with Crippen LogP contribution in [0, 0.1) is 5.92 Å². The highest BCUT2D eigenvalue weighted by Crippen LogP contribution is 2.25. The maximum Gasteiger partial charge on any atom is 0.00953 e. The first-order chi connectivity index (χ1) is 7.16. The second-order valence-electron chi connectivity index (χ2n) is 5.19. The lowest BCUT2D eigenvalue weighted by molar-refractivity contribution is 0.0710. The number of hydrogen-bond donors (Lipinski definition) is 1. The Balaban J connectivity index is 2.33. The van der Waals surface area contributed by atoms with Crippen molar-refractivity contribution in [2.75, 3.05) is 20.1 Å². The largest absolute Gasteiger partial charge is 0.320 e. The Hall–Kier alpha value is -0.0800. The van der Waals surface area contributed by atoms with Gasteiger partial charge < -0.3 is 5.32 Å². The van der Waals surface area contributed by atoms with Gasteiger partial charge >= 0.3 is 0 Å². The van der Waals surface area contributed by atoms with Gasteiger partial charge in [-0.05, 0) is 65.6 Å². The highest BCUT2D eigenvalue weighted by molar-refractivity contribution is 4.82. The van der Waals surface area contributed by atoms with E-state index in [-0.39, 0.29) is 0 Å². The van der Waals surface area contributed by atoms with Gasteiger partial charge in [-0.1, -0.05) is 6.92 Å². The van der Waals surface area contributed by atoms with Gasteiger partial charge in [0.2, 0.25) is 0 Å². The number of likely N-dealkylation sites (tertiary alicyclic amines) is 1. The van der Waals surface area contributed by atoms with Gasteiger partial charge in [0, 0.05) is 12.1 Å². The van der Waals surface area contributed by atoms with Crippen LogP contribution < -0.4 is 5.32 Å². The second-order valence-corrected chi connectivity index (χ2v) is 5.19. The van der Waals surface area contributed by atoms with Crippen molar-refractivity contribution in [3.63, 3.8) is 0 Å². The van der Waals surface area contributed by atoms with E-state index in [1.54, 1.807) is 0 Å². The average Bonchev–Trinajstić information content (AvgIpc) is 2.22. The van der Waals surface area contributed by atoms with Gasteiger partial charge in [0.15, 0.2) is 0 Å². The fraction of sp³-hybridized carbons (Fsp3) is 1.00. The Labute approximate surface area is 95.4 Å². The van der Waals surface area contributed by atoms with Gasteiger partial charge in [-0.25, -0.2) is 0 Å². The van der Waals surface area contributed by atoms with Crippen LogP contribution in [0.4, 0.5) is 0 Å². The Morgan fingerprint density at radius 3 is 2.80 bits per heavy atom. The topological polar surface area (TPSA) is 15.3 Å². The van der Waals surface area contributed by atoms with Gasteiger partial charge in [0.1, 0.15) is 0 Å². The van der Waals surface area contributed by atoms with Crippen molar-refractivity contribution < 1.29 is 0 Å². The fourth-order valence-corrected chi connectivity index (χ4v) is 2.73. The molecule has 15 heavy (non-hydrogen) atoms. The van der Waals surface area contributed by atoms with Gasteiger partial charge in [-0.15, -0.1) is 0 Å². The lowest BCUT2D eigenvalue weighted by atomic mass is 9.90. The van der Waals surface area contributed by atoms with Gasteiger partial charge in [-0.2, -0.15) is 0 Å². The number of rotatable bonds is 5. The molecule has 1 N–H and O–H groups in total. The molecule has 1 rings (SSSR count). The average molecular weight is 212 g/mol. The molecule has 2 nitrogen and oxygen atoms in total. The SMILES string of the molecule is CNCCCC(C)N1CCCC(C)C1C. The molecule has 2 heteroatoms. The van der Waals surface area contributed by atoms with Crippen molar-refractivity contribution in [1.29, 1.82) is 0 Å². The molecule has 3 atom stereocenters. The summed E-state index contributed by atoms with van der Waals surface area (Å²) in [4.78, 5) is 2.71. The molecule has 1 aliphatic heterocycles. The minimum absolute atomic E-state index is 0.760. The van der Waals surface area contributed by atoms with Crippen molar-refractivity contribution in [3.05, 3.63) is 0 Å². The zero-order chi connectivity index (χ0) is 11.3. The van der Waals surface area contributed by atoms with E-state index in [9.17, 15) is 0 Å². The number of piperidine rings is 1. The normalized spacial score (nSPS) is 30.4. The summed E-state index contributed by atoms with van der Waals surface area (Å²) in [5.41, 5.74) is 0. The Morgan fingerprint density at radius 1 is 1.40 bits per heavy atom. The third kappa shape index (κ3) is 3.76. The molecule has 0 bridgehead atoms. The predicted octanol–water partition coefficient (Wildman–Crippen LogP) is 2.49. The van der Waals surface area contributed by atoms with Gasteiger partial charge in [0.05, 0.1) is 0 Å². The minimum atomic E-state index is 0.760. The Morgan fingerprint density at radius 2 is 2.13 bits per heavy atom. The summed E-state index contributed by atoms with van der Waals surface area (Å²) in [5.74, 6) is 0.880. The summed E-state index contributed by atoms with van der Waals surface area (Å²) in [5, 5.41) is 3.23.